The van der Waals surface area contributed by atoms with Gasteiger partial charge in [0.25, 0.3) is 0 Å². The van der Waals surface area contributed by atoms with Crippen molar-refractivity contribution in [3.8, 4) is 0 Å². The van der Waals surface area contributed by atoms with E-state index in [-0.39, 0.29) is 23.5 Å². The standard InChI is InChI=1S/C13H19N5O3/c1-2-14-12-11(18(20)21)13(16-7-15-12)17-5-8-3-4-10(19)9(8)6-17/h7-10,19H,2-6H2,1H3,(H,14,15,16). The van der Waals surface area contributed by atoms with Crippen molar-refractivity contribution in [2.75, 3.05) is 29.9 Å². The zero-order valence-electron chi connectivity index (χ0n) is 11.9. The highest BCUT2D eigenvalue weighted by atomic mass is 16.6. The SMILES string of the molecule is CCNc1ncnc(N2CC3CCC(O)C3C2)c1[N+](=O)[O-]. The lowest BCUT2D eigenvalue weighted by Crippen LogP contribution is -2.26. The average Bonchev–Trinajstić information content (AvgIpc) is 3.01. The monoisotopic (exact) mass is 293 g/mol. The predicted octanol–water partition coefficient (Wildman–Crippen LogP) is 1.02. The van der Waals surface area contributed by atoms with Crippen LogP contribution in [-0.2, 0) is 0 Å². The van der Waals surface area contributed by atoms with E-state index in [1.807, 2.05) is 11.8 Å². The Morgan fingerprint density at radius 3 is 2.95 bits per heavy atom. The summed E-state index contributed by atoms with van der Waals surface area (Å²) in [7, 11) is 0. The summed E-state index contributed by atoms with van der Waals surface area (Å²) in [5.74, 6) is 1.21. The van der Waals surface area contributed by atoms with E-state index in [4.69, 9.17) is 0 Å². The molecule has 1 saturated heterocycles. The molecule has 3 rings (SSSR count). The van der Waals surface area contributed by atoms with Crippen LogP contribution in [0.3, 0.4) is 0 Å². The van der Waals surface area contributed by atoms with Gasteiger partial charge < -0.3 is 15.3 Å². The van der Waals surface area contributed by atoms with Crippen LogP contribution in [0.2, 0.25) is 0 Å². The maximum absolute atomic E-state index is 11.4. The summed E-state index contributed by atoms with van der Waals surface area (Å²) in [6.07, 6.45) is 2.86. The van der Waals surface area contributed by atoms with Gasteiger partial charge in [-0.3, -0.25) is 10.1 Å². The molecule has 0 amide bonds. The summed E-state index contributed by atoms with van der Waals surface area (Å²) in [6, 6.07) is 0. The molecule has 2 aliphatic rings. The molecule has 114 valence electrons. The molecule has 2 heterocycles. The Morgan fingerprint density at radius 1 is 1.48 bits per heavy atom. The molecule has 0 radical (unpaired) electrons. The molecule has 1 aliphatic carbocycles. The molecule has 3 atom stereocenters. The van der Waals surface area contributed by atoms with Gasteiger partial charge in [-0.05, 0) is 25.7 Å². The van der Waals surface area contributed by atoms with Crippen molar-refractivity contribution in [2.24, 2.45) is 11.8 Å². The molecule has 0 bridgehead atoms. The smallest absolute Gasteiger partial charge is 0.353 e. The number of rotatable bonds is 4. The first-order valence-electron chi connectivity index (χ1n) is 7.28. The van der Waals surface area contributed by atoms with Crippen LogP contribution < -0.4 is 10.2 Å². The highest BCUT2D eigenvalue weighted by Crippen LogP contribution is 2.42. The third kappa shape index (κ3) is 2.39. The maximum Gasteiger partial charge on any atom is 0.353 e. The predicted molar refractivity (Wildman–Crippen MR) is 77.3 cm³/mol. The Labute approximate surface area is 122 Å². The van der Waals surface area contributed by atoms with Gasteiger partial charge in [-0.1, -0.05) is 0 Å². The number of hydrogen-bond donors (Lipinski definition) is 2. The van der Waals surface area contributed by atoms with Gasteiger partial charge in [0, 0.05) is 25.6 Å². The van der Waals surface area contributed by atoms with E-state index in [0.717, 1.165) is 12.8 Å². The summed E-state index contributed by atoms with van der Waals surface area (Å²) in [5, 5.41) is 24.3. The summed E-state index contributed by atoms with van der Waals surface area (Å²) in [6.45, 7) is 3.75. The largest absolute Gasteiger partial charge is 0.393 e. The normalized spacial score (nSPS) is 27.7. The first-order chi connectivity index (χ1) is 10.1. The van der Waals surface area contributed by atoms with Crippen molar-refractivity contribution in [3.05, 3.63) is 16.4 Å². The molecule has 1 aromatic heterocycles. The Hall–Kier alpha value is -1.96. The van der Waals surface area contributed by atoms with Gasteiger partial charge in [0.1, 0.15) is 6.33 Å². The van der Waals surface area contributed by atoms with Crippen LogP contribution in [0, 0.1) is 22.0 Å². The molecular formula is C13H19N5O3. The second-order valence-electron chi connectivity index (χ2n) is 5.66. The van der Waals surface area contributed by atoms with Crippen LogP contribution >= 0.6 is 0 Å². The quantitative estimate of drug-likeness (QED) is 0.631. The van der Waals surface area contributed by atoms with E-state index in [1.54, 1.807) is 0 Å². The number of nitrogens with zero attached hydrogens (tertiary/aromatic N) is 4. The second kappa shape index (κ2) is 5.44. The summed E-state index contributed by atoms with van der Waals surface area (Å²) in [4.78, 5) is 21.0. The van der Waals surface area contributed by atoms with E-state index in [9.17, 15) is 15.2 Å². The molecule has 1 aromatic rings. The van der Waals surface area contributed by atoms with Gasteiger partial charge in [0.05, 0.1) is 11.0 Å². The third-order valence-electron chi connectivity index (χ3n) is 4.45. The second-order valence-corrected chi connectivity index (χ2v) is 5.66. The highest BCUT2D eigenvalue weighted by Gasteiger charge is 2.44. The van der Waals surface area contributed by atoms with Crippen molar-refractivity contribution in [1.29, 1.82) is 0 Å². The third-order valence-corrected chi connectivity index (χ3v) is 4.45. The van der Waals surface area contributed by atoms with Gasteiger partial charge in [-0.25, -0.2) is 9.97 Å². The Kier molecular flexibility index (Phi) is 3.62. The van der Waals surface area contributed by atoms with E-state index in [0.29, 0.717) is 31.4 Å². The van der Waals surface area contributed by atoms with Gasteiger partial charge in [0.15, 0.2) is 0 Å². The van der Waals surface area contributed by atoms with E-state index in [2.05, 4.69) is 15.3 Å². The number of nitro groups is 1. The van der Waals surface area contributed by atoms with Crippen molar-refractivity contribution in [1.82, 2.24) is 9.97 Å². The van der Waals surface area contributed by atoms with Crippen molar-refractivity contribution < 1.29 is 10.0 Å². The fourth-order valence-electron chi connectivity index (χ4n) is 3.48. The van der Waals surface area contributed by atoms with Gasteiger partial charge >= 0.3 is 5.69 Å². The highest BCUT2D eigenvalue weighted by molar-refractivity contribution is 5.70. The molecule has 8 heteroatoms. The number of aromatic nitrogens is 2. The Balaban J connectivity index is 1.92. The fraction of sp³-hybridized carbons (Fsp3) is 0.692. The van der Waals surface area contributed by atoms with Crippen molar-refractivity contribution in [2.45, 2.75) is 25.9 Å². The lowest BCUT2D eigenvalue weighted by molar-refractivity contribution is -0.383. The van der Waals surface area contributed by atoms with Gasteiger partial charge in [-0.2, -0.15) is 0 Å². The zero-order valence-corrected chi connectivity index (χ0v) is 11.9. The summed E-state index contributed by atoms with van der Waals surface area (Å²) < 4.78 is 0. The summed E-state index contributed by atoms with van der Waals surface area (Å²) >= 11 is 0. The Morgan fingerprint density at radius 2 is 2.29 bits per heavy atom. The average molecular weight is 293 g/mol. The van der Waals surface area contributed by atoms with Crippen molar-refractivity contribution in [3.63, 3.8) is 0 Å². The number of fused-ring (bicyclic) bond motifs is 1. The molecule has 0 spiro atoms. The molecule has 8 nitrogen and oxygen atoms in total. The molecule has 1 aliphatic heterocycles. The number of anilines is 2. The van der Waals surface area contributed by atoms with Gasteiger partial charge in [0.2, 0.25) is 11.6 Å². The zero-order chi connectivity index (χ0) is 15.0. The first kappa shape index (κ1) is 14.0. The van der Waals surface area contributed by atoms with E-state index < -0.39 is 4.92 Å². The van der Waals surface area contributed by atoms with Crippen LogP contribution in [0.1, 0.15) is 19.8 Å². The molecule has 2 N–H and O–H groups in total. The molecule has 0 aromatic carbocycles. The topological polar surface area (TPSA) is 104 Å². The minimum Gasteiger partial charge on any atom is -0.393 e. The van der Waals surface area contributed by atoms with Crippen molar-refractivity contribution >= 4 is 17.3 Å². The van der Waals surface area contributed by atoms with E-state index in [1.165, 1.54) is 6.33 Å². The van der Waals surface area contributed by atoms with Crippen LogP contribution in [-0.4, -0.2) is 45.7 Å². The molecule has 2 fully saturated rings. The lowest BCUT2D eigenvalue weighted by atomic mass is 10.00. The van der Waals surface area contributed by atoms with E-state index >= 15 is 0 Å². The maximum atomic E-state index is 11.4. The van der Waals surface area contributed by atoms with Crippen LogP contribution in [0.25, 0.3) is 0 Å². The number of nitrogens with one attached hydrogen (secondary N) is 1. The summed E-state index contributed by atoms with van der Waals surface area (Å²) in [5.41, 5.74) is -0.0752. The number of aliphatic hydroxyl groups excluding tert-OH is 1. The first-order valence-corrected chi connectivity index (χ1v) is 7.28. The minimum absolute atomic E-state index is 0.0752. The molecule has 3 unspecified atom stereocenters. The number of hydrogen-bond acceptors (Lipinski definition) is 7. The lowest BCUT2D eigenvalue weighted by Gasteiger charge is -2.19. The fourth-order valence-corrected chi connectivity index (χ4v) is 3.48. The van der Waals surface area contributed by atoms with Gasteiger partial charge in [-0.15, -0.1) is 0 Å². The van der Waals surface area contributed by atoms with Crippen LogP contribution in [0.15, 0.2) is 6.33 Å². The molecular weight excluding hydrogens is 274 g/mol. The molecule has 1 saturated carbocycles. The molecule has 21 heavy (non-hydrogen) atoms. The minimum atomic E-state index is -0.433. The number of aliphatic hydroxyl groups is 1. The Bertz CT molecular complexity index is 553. The van der Waals surface area contributed by atoms with Crippen LogP contribution in [0.5, 0.6) is 0 Å². The van der Waals surface area contributed by atoms with Crippen LogP contribution in [0.4, 0.5) is 17.3 Å².